The van der Waals surface area contributed by atoms with E-state index in [1.807, 2.05) is 0 Å². The molecule has 0 unspecified atom stereocenters. The molecule has 0 saturated carbocycles. The highest BCUT2D eigenvalue weighted by molar-refractivity contribution is 7.99. The van der Waals surface area contributed by atoms with E-state index in [1.165, 1.54) is 33.5 Å². The topological polar surface area (TPSA) is 105 Å². The number of nitrogens with one attached hydrogen (secondary N) is 1. The summed E-state index contributed by atoms with van der Waals surface area (Å²) in [6.45, 7) is 0.0380. The van der Waals surface area contributed by atoms with Crippen molar-refractivity contribution in [3.05, 3.63) is 59.7 Å². The third-order valence-electron chi connectivity index (χ3n) is 4.38. The van der Waals surface area contributed by atoms with Crippen LogP contribution in [0.5, 0.6) is 11.5 Å². The number of amides is 1. The van der Waals surface area contributed by atoms with Crippen LogP contribution < -0.4 is 14.8 Å². The van der Waals surface area contributed by atoms with E-state index in [1.54, 1.807) is 34.9 Å². The molecule has 2 aromatic carbocycles. The van der Waals surface area contributed by atoms with Crippen LogP contribution >= 0.6 is 11.8 Å². The molecule has 168 valence electrons. The zero-order valence-corrected chi connectivity index (χ0v) is 18.4. The lowest BCUT2D eigenvalue weighted by atomic mass is 10.2. The Balaban J connectivity index is 1.82. The summed E-state index contributed by atoms with van der Waals surface area (Å²) in [6.07, 6.45) is 0. The lowest BCUT2D eigenvalue weighted by molar-refractivity contribution is -0.137. The molecular weight excluding hydrogens is 439 g/mol. The van der Waals surface area contributed by atoms with E-state index in [2.05, 4.69) is 20.3 Å². The van der Waals surface area contributed by atoms with E-state index < -0.39 is 11.8 Å². The largest absolute Gasteiger partial charge is 0.493 e. The molecule has 0 fully saturated rings. The number of hydrogen-bond acceptors (Lipinski definition) is 8. The SMILES string of the molecule is COC(=O)CSc1nnc(CNC(=O)c2ccc(OC)c(OC)c2)n1-c1ccc(F)cc1. The molecule has 0 saturated heterocycles. The van der Waals surface area contributed by atoms with Gasteiger partial charge in [0.1, 0.15) is 5.82 Å². The Bertz CT molecular complexity index is 1100. The monoisotopic (exact) mass is 460 g/mol. The number of carbonyl (C=O) groups is 2. The number of rotatable bonds is 9. The number of halogens is 1. The van der Waals surface area contributed by atoms with Gasteiger partial charge < -0.3 is 19.5 Å². The smallest absolute Gasteiger partial charge is 0.316 e. The average molecular weight is 460 g/mol. The number of esters is 1. The highest BCUT2D eigenvalue weighted by atomic mass is 32.2. The number of benzene rings is 2. The molecule has 1 heterocycles. The fraction of sp³-hybridized carbons (Fsp3) is 0.238. The summed E-state index contributed by atoms with van der Waals surface area (Å²) in [5.41, 5.74) is 0.954. The minimum Gasteiger partial charge on any atom is -0.493 e. The Morgan fingerprint density at radius 3 is 2.41 bits per heavy atom. The number of nitrogens with zero attached hydrogens (tertiary/aromatic N) is 3. The summed E-state index contributed by atoms with van der Waals surface area (Å²) in [7, 11) is 4.29. The number of aromatic nitrogens is 3. The maximum Gasteiger partial charge on any atom is 0.316 e. The van der Waals surface area contributed by atoms with Crippen molar-refractivity contribution in [1.29, 1.82) is 0 Å². The van der Waals surface area contributed by atoms with Crippen molar-refractivity contribution < 1.29 is 28.2 Å². The summed E-state index contributed by atoms with van der Waals surface area (Å²) in [6, 6.07) is 10.5. The Kier molecular flexibility index (Phi) is 7.66. The van der Waals surface area contributed by atoms with Crippen LogP contribution in [-0.4, -0.2) is 53.7 Å². The van der Waals surface area contributed by atoms with Gasteiger partial charge in [-0.3, -0.25) is 14.2 Å². The lowest BCUT2D eigenvalue weighted by Crippen LogP contribution is -2.24. The van der Waals surface area contributed by atoms with Crippen LogP contribution in [0.15, 0.2) is 47.6 Å². The maximum atomic E-state index is 13.4. The van der Waals surface area contributed by atoms with Gasteiger partial charge in [-0.2, -0.15) is 0 Å². The fourth-order valence-corrected chi connectivity index (χ4v) is 3.58. The molecule has 0 atom stereocenters. The maximum absolute atomic E-state index is 13.4. The Morgan fingerprint density at radius 2 is 1.75 bits per heavy atom. The van der Waals surface area contributed by atoms with Gasteiger partial charge in [-0.05, 0) is 42.5 Å². The zero-order valence-electron chi connectivity index (χ0n) is 17.6. The first-order valence-electron chi connectivity index (χ1n) is 9.37. The predicted octanol–water partition coefficient (Wildman–Crippen LogP) is 2.62. The number of ether oxygens (including phenoxy) is 3. The van der Waals surface area contributed by atoms with Crippen LogP contribution in [0.4, 0.5) is 4.39 Å². The normalized spacial score (nSPS) is 10.5. The molecule has 1 amide bonds. The van der Waals surface area contributed by atoms with Gasteiger partial charge in [-0.1, -0.05) is 11.8 Å². The predicted molar refractivity (Wildman–Crippen MR) is 115 cm³/mol. The summed E-state index contributed by atoms with van der Waals surface area (Å²) in [5.74, 6) is 0.180. The van der Waals surface area contributed by atoms with E-state index >= 15 is 0 Å². The Hall–Kier alpha value is -3.60. The molecule has 1 aromatic heterocycles. The molecule has 11 heteroatoms. The molecule has 0 aliphatic rings. The summed E-state index contributed by atoms with van der Waals surface area (Å²) >= 11 is 1.12. The van der Waals surface area contributed by atoms with Crippen LogP contribution in [0.2, 0.25) is 0 Å². The zero-order chi connectivity index (χ0) is 23.1. The van der Waals surface area contributed by atoms with E-state index in [-0.39, 0.29) is 18.2 Å². The lowest BCUT2D eigenvalue weighted by Gasteiger charge is -2.12. The van der Waals surface area contributed by atoms with Gasteiger partial charge in [0, 0.05) is 11.3 Å². The molecule has 0 aliphatic carbocycles. The first-order chi connectivity index (χ1) is 15.5. The molecule has 3 aromatic rings. The minimum atomic E-state index is -0.424. The minimum absolute atomic E-state index is 0.0217. The van der Waals surface area contributed by atoms with Crippen molar-refractivity contribution in [2.75, 3.05) is 27.1 Å². The van der Waals surface area contributed by atoms with Gasteiger partial charge in [0.05, 0.1) is 33.6 Å². The van der Waals surface area contributed by atoms with Gasteiger partial charge in [0.15, 0.2) is 22.5 Å². The summed E-state index contributed by atoms with van der Waals surface area (Å²) in [5, 5.41) is 11.4. The van der Waals surface area contributed by atoms with E-state index in [9.17, 15) is 14.0 Å². The molecule has 0 radical (unpaired) electrons. The quantitative estimate of drug-likeness (QED) is 0.384. The number of carbonyl (C=O) groups excluding carboxylic acids is 2. The molecule has 0 aliphatic heterocycles. The van der Waals surface area contributed by atoms with Crippen molar-refractivity contribution in [3.63, 3.8) is 0 Å². The van der Waals surface area contributed by atoms with Crippen molar-refractivity contribution >= 4 is 23.6 Å². The van der Waals surface area contributed by atoms with Crippen LogP contribution in [0.3, 0.4) is 0 Å². The van der Waals surface area contributed by atoms with Gasteiger partial charge in [-0.25, -0.2) is 4.39 Å². The molecule has 3 rings (SSSR count). The standard InChI is InChI=1S/C21H21FN4O5S/c1-29-16-9-4-13(10-17(16)30-2)20(28)23-11-18-24-25-21(32-12-19(27)31-3)26(18)15-7-5-14(22)6-8-15/h4-10H,11-12H2,1-3H3,(H,23,28). The summed E-state index contributed by atoms with van der Waals surface area (Å²) in [4.78, 5) is 24.2. The number of thioether (sulfide) groups is 1. The van der Waals surface area contributed by atoms with Gasteiger partial charge in [0.2, 0.25) is 0 Å². The summed E-state index contributed by atoms with van der Waals surface area (Å²) < 4.78 is 30.1. The number of hydrogen-bond donors (Lipinski definition) is 1. The Morgan fingerprint density at radius 1 is 1.03 bits per heavy atom. The molecule has 0 bridgehead atoms. The molecule has 32 heavy (non-hydrogen) atoms. The molecule has 9 nitrogen and oxygen atoms in total. The first kappa shape index (κ1) is 23.1. The van der Waals surface area contributed by atoms with Crippen molar-refractivity contribution in [1.82, 2.24) is 20.1 Å². The van der Waals surface area contributed by atoms with Crippen LogP contribution in [0, 0.1) is 5.82 Å². The first-order valence-corrected chi connectivity index (χ1v) is 10.4. The number of methoxy groups -OCH3 is 3. The third-order valence-corrected chi connectivity index (χ3v) is 5.29. The van der Waals surface area contributed by atoms with Crippen LogP contribution in [0.1, 0.15) is 16.2 Å². The highest BCUT2D eigenvalue weighted by Crippen LogP contribution is 2.27. The second-order valence-electron chi connectivity index (χ2n) is 6.33. The second kappa shape index (κ2) is 10.6. The van der Waals surface area contributed by atoms with Gasteiger partial charge >= 0.3 is 5.97 Å². The molecular formula is C21H21FN4O5S. The van der Waals surface area contributed by atoms with E-state index in [0.29, 0.717) is 33.7 Å². The second-order valence-corrected chi connectivity index (χ2v) is 7.27. The van der Waals surface area contributed by atoms with Crippen molar-refractivity contribution in [2.24, 2.45) is 0 Å². The Labute approximate surface area is 187 Å². The van der Waals surface area contributed by atoms with Crippen molar-refractivity contribution in [3.8, 4) is 17.2 Å². The average Bonchev–Trinajstić information content (AvgIpc) is 3.23. The molecule has 0 spiro atoms. The van der Waals surface area contributed by atoms with Crippen LogP contribution in [0.25, 0.3) is 5.69 Å². The molecule has 1 N–H and O–H groups in total. The van der Waals surface area contributed by atoms with E-state index in [4.69, 9.17) is 9.47 Å². The fourth-order valence-electron chi connectivity index (χ4n) is 2.78. The highest BCUT2D eigenvalue weighted by Gasteiger charge is 2.18. The van der Waals surface area contributed by atoms with Crippen molar-refractivity contribution in [2.45, 2.75) is 11.7 Å². The third kappa shape index (κ3) is 5.35. The van der Waals surface area contributed by atoms with Gasteiger partial charge in [0.25, 0.3) is 5.91 Å². The van der Waals surface area contributed by atoms with Gasteiger partial charge in [-0.15, -0.1) is 10.2 Å². The van der Waals surface area contributed by atoms with E-state index in [0.717, 1.165) is 11.8 Å². The van der Waals surface area contributed by atoms with Crippen LogP contribution in [-0.2, 0) is 16.1 Å².